The molecule has 1 aliphatic carbocycles. The second-order valence-electron chi connectivity index (χ2n) is 4.39. The molecule has 1 unspecified atom stereocenters. The van der Waals surface area contributed by atoms with E-state index >= 15 is 0 Å². The quantitative estimate of drug-likeness (QED) is 0.743. The molecule has 1 heterocycles. The topological polar surface area (TPSA) is 38.0 Å². The van der Waals surface area contributed by atoms with Gasteiger partial charge in [-0.2, -0.15) is 5.10 Å². The third kappa shape index (κ3) is 1.36. The lowest BCUT2D eigenvalue weighted by atomic mass is 9.93. The molecule has 1 N–H and O–H groups in total. The number of rotatable bonds is 1. The minimum absolute atomic E-state index is 0.286. The van der Waals surface area contributed by atoms with Crippen LogP contribution < -0.4 is 0 Å². The van der Waals surface area contributed by atoms with Gasteiger partial charge < -0.3 is 5.11 Å². The van der Waals surface area contributed by atoms with Crippen LogP contribution in [0.2, 0.25) is 0 Å². The first kappa shape index (κ1) is 9.71. The van der Waals surface area contributed by atoms with E-state index in [1.54, 1.807) is 0 Å². The van der Waals surface area contributed by atoms with Crippen LogP contribution in [0, 0.1) is 6.92 Å². The number of aryl methyl sites for hydroxylation is 1. The Bertz CT molecular complexity index is 341. The molecule has 1 aromatic rings. The smallest absolute Gasteiger partial charge is 0.0826 e. The fourth-order valence-corrected chi connectivity index (χ4v) is 2.32. The van der Waals surface area contributed by atoms with Crippen LogP contribution in [0.1, 0.15) is 55.8 Å². The van der Waals surface area contributed by atoms with Crippen molar-refractivity contribution in [3.63, 3.8) is 0 Å². The Morgan fingerprint density at radius 3 is 2.79 bits per heavy atom. The number of hydrogen-bond acceptors (Lipinski definition) is 2. The van der Waals surface area contributed by atoms with Gasteiger partial charge in [-0.05, 0) is 40.0 Å². The number of nitrogens with zero attached hydrogens (tertiary/aromatic N) is 2. The van der Waals surface area contributed by atoms with E-state index in [1.807, 2.05) is 4.68 Å². The summed E-state index contributed by atoms with van der Waals surface area (Å²) < 4.78 is 2.03. The predicted octanol–water partition coefficient (Wildman–Crippen LogP) is 2.14. The number of aromatic nitrogens is 2. The molecule has 0 bridgehead atoms. The molecule has 2 rings (SSSR count). The maximum Gasteiger partial charge on any atom is 0.0826 e. The lowest BCUT2D eigenvalue weighted by Crippen LogP contribution is -2.08. The van der Waals surface area contributed by atoms with Crippen molar-refractivity contribution in [2.45, 2.75) is 52.2 Å². The van der Waals surface area contributed by atoms with Crippen molar-refractivity contribution in [2.75, 3.05) is 0 Å². The number of hydrogen-bond donors (Lipinski definition) is 1. The highest BCUT2D eigenvalue weighted by molar-refractivity contribution is 5.30. The Morgan fingerprint density at radius 2 is 2.21 bits per heavy atom. The minimum atomic E-state index is -0.286. The van der Waals surface area contributed by atoms with Gasteiger partial charge in [0.25, 0.3) is 0 Å². The summed E-state index contributed by atoms with van der Waals surface area (Å²) in [6, 6.07) is 0.382. The van der Waals surface area contributed by atoms with Gasteiger partial charge in [-0.1, -0.05) is 0 Å². The monoisotopic (exact) mass is 194 g/mol. The first-order valence-corrected chi connectivity index (χ1v) is 5.37. The number of aliphatic hydroxyl groups excluding tert-OH is 1. The molecule has 1 aliphatic rings. The first-order valence-electron chi connectivity index (χ1n) is 5.37. The number of fused-ring (bicyclic) bond motifs is 1. The molecule has 3 heteroatoms. The summed E-state index contributed by atoms with van der Waals surface area (Å²) in [7, 11) is 0. The molecule has 78 valence electrons. The Labute approximate surface area is 84.7 Å². The summed E-state index contributed by atoms with van der Waals surface area (Å²) in [6.07, 6.45) is 2.68. The highest BCUT2D eigenvalue weighted by Crippen LogP contribution is 2.32. The molecule has 0 spiro atoms. The zero-order valence-corrected chi connectivity index (χ0v) is 9.12. The molecular formula is C11H18N2O. The zero-order valence-electron chi connectivity index (χ0n) is 9.12. The largest absolute Gasteiger partial charge is 0.388 e. The molecule has 0 radical (unpaired) electrons. The van der Waals surface area contributed by atoms with E-state index in [0.29, 0.717) is 6.04 Å². The van der Waals surface area contributed by atoms with Crippen molar-refractivity contribution >= 4 is 0 Å². The van der Waals surface area contributed by atoms with Crippen LogP contribution in [0.3, 0.4) is 0 Å². The van der Waals surface area contributed by atoms with Crippen LogP contribution >= 0.6 is 0 Å². The molecule has 0 aliphatic heterocycles. The summed E-state index contributed by atoms with van der Waals surface area (Å²) in [6.45, 7) is 6.30. The van der Waals surface area contributed by atoms with Gasteiger partial charge in [0.2, 0.25) is 0 Å². The third-order valence-corrected chi connectivity index (χ3v) is 2.99. The van der Waals surface area contributed by atoms with Gasteiger partial charge in [0, 0.05) is 17.3 Å². The molecular weight excluding hydrogens is 176 g/mol. The van der Waals surface area contributed by atoms with E-state index in [4.69, 9.17) is 0 Å². The van der Waals surface area contributed by atoms with E-state index in [2.05, 4.69) is 25.9 Å². The highest BCUT2D eigenvalue weighted by Gasteiger charge is 2.25. The van der Waals surface area contributed by atoms with Crippen LogP contribution in [-0.4, -0.2) is 14.9 Å². The fourth-order valence-electron chi connectivity index (χ4n) is 2.32. The fraction of sp³-hybridized carbons (Fsp3) is 0.727. The van der Waals surface area contributed by atoms with Crippen LogP contribution in [-0.2, 0) is 6.42 Å². The van der Waals surface area contributed by atoms with Gasteiger partial charge in [-0.3, -0.25) is 4.68 Å². The van der Waals surface area contributed by atoms with Gasteiger partial charge >= 0.3 is 0 Å². The molecule has 0 amide bonds. The van der Waals surface area contributed by atoms with Crippen LogP contribution in [0.15, 0.2) is 0 Å². The Balaban J connectivity index is 2.49. The molecule has 0 saturated carbocycles. The van der Waals surface area contributed by atoms with E-state index in [1.165, 1.54) is 0 Å². The molecule has 3 nitrogen and oxygen atoms in total. The first-order chi connectivity index (χ1) is 6.61. The molecule has 0 fully saturated rings. The Kier molecular flexibility index (Phi) is 2.35. The highest BCUT2D eigenvalue weighted by atomic mass is 16.3. The Hall–Kier alpha value is -0.830. The van der Waals surface area contributed by atoms with Crippen LogP contribution in [0.5, 0.6) is 0 Å². The second-order valence-corrected chi connectivity index (χ2v) is 4.39. The third-order valence-electron chi connectivity index (χ3n) is 2.99. The summed E-state index contributed by atoms with van der Waals surface area (Å²) in [5.41, 5.74) is 3.34. The van der Waals surface area contributed by atoms with Gasteiger partial charge in [0.05, 0.1) is 11.8 Å². The second kappa shape index (κ2) is 3.39. The lowest BCUT2D eigenvalue weighted by Gasteiger charge is -2.16. The van der Waals surface area contributed by atoms with Crippen molar-refractivity contribution in [1.82, 2.24) is 9.78 Å². The van der Waals surface area contributed by atoms with Crippen molar-refractivity contribution < 1.29 is 5.11 Å². The van der Waals surface area contributed by atoms with Crippen molar-refractivity contribution in [1.29, 1.82) is 0 Å². The minimum Gasteiger partial charge on any atom is -0.388 e. The van der Waals surface area contributed by atoms with Gasteiger partial charge in [-0.15, -0.1) is 0 Å². The molecule has 14 heavy (non-hydrogen) atoms. The summed E-state index contributed by atoms with van der Waals surface area (Å²) in [4.78, 5) is 0. The van der Waals surface area contributed by atoms with Crippen LogP contribution in [0.4, 0.5) is 0 Å². The van der Waals surface area contributed by atoms with E-state index in [0.717, 1.165) is 36.2 Å². The summed E-state index contributed by atoms with van der Waals surface area (Å²) >= 11 is 0. The molecule has 1 atom stereocenters. The normalized spacial score (nSPS) is 21.4. The molecule has 0 aromatic carbocycles. The van der Waals surface area contributed by atoms with Crippen molar-refractivity contribution in [3.05, 3.63) is 17.0 Å². The summed E-state index contributed by atoms with van der Waals surface area (Å²) in [5.74, 6) is 0. The predicted molar refractivity (Wildman–Crippen MR) is 55.2 cm³/mol. The Morgan fingerprint density at radius 1 is 1.50 bits per heavy atom. The van der Waals surface area contributed by atoms with Crippen molar-refractivity contribution in [3.8, 4) is 0 Å². The van der Waals surface area contributed by atoms with E-state index < -0.39 is 0 Å². The number of aliphatic hydroxyl groups is 1. The molecule has 1 aromatic heterocycles. The van der Waals surface area contributed by atoms with Gasteiger partial charge in [0.15, 0.2) is 0 Å². The van der Waals surface area contributed by atoms with Crippen molar-refractivity contribution in [2.24, 2.45) is 0 Å². The SMILES string of the molecule is Cc1c2c(nn1C(C)C)CCCC2O. The van der Waals surface area contributed by atoms with Crippen LogP contribution in [0.25, 0.3) is 0 Å². The average Bonchev–Trinajstić information content (AvgIpc) is 2.45. The van der Waals surface area contributed by atoms with Gasteiger partial charge in [-0.25, -0.2) is 0 Å². The van der Waals surface area contributed by atoms with Gasteiger partial charge in [0.1, 0.15) is 0 Å². The van der Waals surface area contributed by atoms with E-state index in [9.17, 15) is 5.11 Å². The summed E-state index contributed by atoms with van der Waals surface area (Å²) in [5, 5.41) is 14.4. The molecule has 0 saturated heterocycles. The maximum absolute atomic E-state index is 9.88. The lowest BCUT2D eigenvalue weighted by molar-refractivity contribution is 0.155. The maximum atomic E-state index is 9.88. The van der Waals surface area contributed by atoms with E-state index in [-0.39, 0.29) is 6.10 Å². The average molecular weight is 194 g/mol. The standard InChI is InChI=1S/C11H18N2O/c1-7(2)13-8(3)11-9(12-13)5-4-6-10(11)14/h7,10,14H,4-6H2,1-3H3. The zero-order chi connectivity index (χ0) is 10.3.